The predicted octanol–water partition coefficient (Wildman–Crippen LogP) is 0.950. The van der Waals surface area contributed by atoms with Crippen LogP contribution < -0.4 is 0 Å². The van der Waals surface area contributed by atoms with Crippen molar-refractivity contribution in [2.45, 2.75) is 26.9 Å². The summed E-state index contributed by atoms with van der Waals surface area (Å²) >= 11 is 0. The molecule has 0 saturated heterocycles. The summed E-state index contributed by atoms with van der Waals surface area (Å²) in [5.74, 6) is -1.04. The smallest absolute Gasteiger partial charge is 0.337 e. The van der Waals surface area contributed by atoms with E-state index in [0.29, 0.717) is 13.1 Å². The maximum absolute atomic E-state index is 11.3. The largest absolute Gasteiger partial charge is 0.478 e. The van der Waals surface area contributed by atoms with Gasteiger partial charge in [-0.3, -0.25) is 9.78 Å². The van der Waals surface area contributed by atoms with Gasteiger partial charge in [0.05, 0.1) is 5.56 Å². The normalized spacial score (nSPS) is 13.8. The van der Waals surface area contributed by atoms with Gasteiger partial charge in [-0.15, -0.1) is 0 Å². The average molecular weight is 220 g/mol. The van der Waals surface area contributed by atoms with E-state index < -0.39 is 5.97 Å². The number of carbonyl (C=O) groups excluding carboxylic acids is 1. The Hall–Kier alpha value is -1.91. The first-order valence-electron chi connectivity index (χ1n) is 4.97. The molecular weight excluding hydrogens is 208 g/mol. The van der Waals surface area contributed by atoms with E-state index in [1.807, 2.05) is 6.92 Å². The van der Waals surface area contributed by atoms with Crippen molar-refractivity contribution >= 4 is 11.9 Å². The third kappa shape index (κ3) is 1.54. The van der Waals surface area contributed by atoms with Gasteiger partial charge >= 0.3 is 5.97 Å². The van der Waals surface area contributed by atoms with Gasteiger partial charge in [-0.1, -0.05) is 0 Å². The highest BCUT2D eigenvalue weighted by atomic mass is 16.4. The Balaban J connectivity index is 2.50. The first kappa shape index (κ1) is 10.6. The number of fused-ring (bicyclic) bond motifs is 1. The van der Waals surface area contributed by atoms with Crippen LogP contribution in [0.5, 0.6) is 0 Å². The molecule has 5 heteroatoms. The molecule has 16 heavy (non-hydrogen) atoms. The number of aromatic carboxylic acids is 1. The highest BCUT2D eigenvalue weighted by molar-refractivity contribution is 5.90. The molecule has 1 aromatic rings. The number of rotatable bonds is 1. The molecule has 5 nitrogen and oxygen atoms in total. The quantitative estimate of drug-likeness (QED) is 0.765. The Morgan fingerprint density at radius 1 is 1.38 bits per heavy atom. The van der Waals surface area contributed by atoms with Crippen LogP contribution in [0.15, 0.2) is 6.20 Å². The number of hydrogen-bond donors (Lipinski definition) is 1. The van der Waals surface area contributed by atoms with Crippen molar-refractivity contribution in [2.75, 3.05) is 0 Å². The van der Waals surface area contributed by atoms with E-state index in [0.717, 1.165) is 16.8 Å². The highest BCUT2D eigenvalue weighted by Crippen LogP contribution is 2.27. The van der Waals surface area contributed by atoms with Crippen LogP contribution >= 0.6 is 0 Å². The third-order valence-electron chi connectivity index (χ3n) is 2.89. The van der Waals surface area contributed by atoms with Crippen LogP contribution in [0.1, 0.15) is 34.1 Å². The van der Waals surface area contributed by atoms with Crippen molar-refractivity contribution in [3.05, 3.63) is 28.6 Å². The lowest BCUT2D eigenvalue weighted by Crippen LogP contribution is -2.22. The zero-order valence-electron chi connectivity index (χ0n) is 9.15. The fraction of sp³-hybridized carbons (Fsp3) is 0.364. The Kier molecular flexibility index (Phi) is 2.38. The summed E-state index contributed by atoms with van der Waals surface area (Å²) in [6, 6.07) is 0. The molecule has 0 unspecified atom stereocenters. The molecule has 1 amide bonds. The van der Waals surface area contributed by atoms with E-state index in [1.54, 1.807) is 4.90 Å². The minimum absolute atomic E-state index is 0.0491. The Morgan fingerprint density at radius 2 is 2.00 bits per heavy atom. The second kappa shape index (κ2) is 3.59. The molecule has 1 aromatic heterocycles. The van der Waals surface area contributed by atoms with Gasteiger partial charge < -0.3 is 10.0 Å². The number of carboxylic acids is 1. The fourth-order valence-corrected chi connectivity index (χ4v) is 1.93. The van der Waals surface area contributed by atoms with Crippen LogP contribution in [-0.2, 0) is 17.9 Å². The van der Waals surface area contributed by atoms with E-state index >= 15 is 0 Å². The number of aromatic nitrogens is 1. The first-order valence-corrected chi connectivity index (χ1v) is 4.97. The number of carboxylic acid groups (broad SMARTS) is 1. The maximum atomic E-state index is 11.3. The SMILES string of the molecule is CC(=O)N1Cc2c(C(=O)O)cnc(C)c2C1. The summed E-state index contributed by atoms with van der Waals surface area (Å²) in [5, 5.41) is 9.02. The van der Waals surface area contributed by atoms with Crippen LogP contribution in [0.3, 0.4) is 0 Å². The molecule has 0 fully saturated rings. The van der Waals surface area contributed by atoms with E-state index in [1.165, 1.54) is 13.1 Å². The van der Waals surface area contributed by atoms with Gasteiger partial charge in [-0.05, 0) is 18.1 Å². The zero-order chi connectivity index (χ0) is 11.9. The predicted molar refractivity (Wildman–Crippen MR) is 55.9 cm³/mol. The van der Waals surface area contributed by atoms with E-state index in [9.17, 15) is 9.59 Å². The topological polar surface area (TPSA) is 70.5 Å². The molecule has 84 valence electrons. The Bertz CT molecular complexity index is 482. The van der Waals surface area contributed by atoms with Crippen molar-refractivity contribution in [3.8, 4) is 0 Å². The van der Waals surface area contributed by atoms with Crippen molar-refractivity contribution in [1.29, 1.82) is 0 Å². The first-order chi connectivity index (χ1) is 7.50. The van der Waals surface area contributed by atoms with Crippen molar-refractivity contribution in [3.63, 3.8) is 0 Å². The summed E-state index contributed by atoms with van der Waals surface area (Å²) in [5.41, 5.74) is 2.58. The number of aryl methyl sites for hydroxylation is 1. The molecule has 0 radical (unpaired) electrons. The highest BCUT2D eigenvalue weighted by Gasteiger charge is 2.27. The summed E-state index contributed by atoms with van der Waals surface area (Å²) < 4.78 is 0. The summed E-state index contributed by atoms with van der Waals surface area (Å²) in [6.45, 7) is 4.14. The molecule has 0 spiro atoms. The minimum Gasteiger partial charge on any atom is -0.478 e. The Labute approximate surface area is 92.7 Å². The monoisotopic (exact) mass is 220 g/mol. The van der Waals surface area contributed by atoms with Crippen molar-refractivity contribution in [1.82, 2.24) is 9.88 Å². The number of amides is 1. The average Bonchev–Trinajstić information content (AvgIpc) is 2.62. The molecule has 0 saturated carbocycles. The molecule has 2 heterocycles. The van der Waals surface area contributed by atoms with Gasteiger partial charge in [0.15, 0.2) is 0 Å². The van der Waals surface area contributed by atoms with Crippen molar-refractivity contribution < 1.29 is 14.7 Å². The molecule has 0 atom stereocenters. The van der Waals surface area contributed by atoms with Gasteiger partial charge in [0, 0.05) is 31.9 Å². The van der Waals surface area contributed by atoms with Gasteiger partial charge in [-0.2, -0.15) is 0 Å². The summed E-state index contributed by atoms with van der Waals surface area (Å²) in [7, 11) is 0. The number of pyridine rings is 1. The number of hydrogen-bond acceptors (Lipinski definition) is 3. The minimum atomic E-state index is -0.992. The van der Waals surface area contributed by atoms with E-state index in [2.05, 4.69) is 4.98 Å². The van der Waals surface area contributed by atoms with Crippen LogP contribution in [0.2, 0.25) is 0 Å². The van der Waals surface area contributed by atoms with Crippen molar-refractivity contribution in [2.24, 2.45) is 0 Å². The molecule has 2 rings (SSSR count). The second-order valence-corrected chi connectivity index (χ2v) is 3.89. The van der Waals surface area contributed by atoms with Crippen LogP contribution in [-0.4, -0.2) is 26.9 Å². The zero-order valence-corrected chi connectivity index (χ0v) is 9.15. The van der Waals surface area contributed by atoms with Gasteiger partial charge in [0.2, 0.25) is 5.91 Å². The van der Waals surface area contributed by atoms with Gasteiger partial charge in [-0.25, -0.2) is 4.79 Å². The lowest BCUT2D eigenvalue weighted by atomic mass is 10.0. The summed E-state index contributed by atoms with van der Waals surface area (Å²) in [6.07, 6.45) is 1.36. The third-order valence-corrected chi connectivity index (χ3v) is 2.89. The summed E-state index contributed by atoms with van der Waals surface area (Å²) in [4.78, 5) is 27.9. The Morgan fingerprint density at radius 3 is 2.56 bits per heavy atom. The van der Waals surface area contributed by atoms with E-state index in [-0.39, 0.29) is 11.5 Å². The molecule has 0 aliphatic carbocycles. The molecule has 0 aromatic carbocycles. The van der Waals surface area contributed by atoms with Crippen LogP contribution in [0, 0.1) is 6.92 Å². The lowest BCUT2D eigenvalue weighted by Gasteiger charge is -2.11. The maximum Gasteiger partial charge on any atom is 0.337 e. The molecule has 1 aliphatic heterocycles. The standard InChI is InChI=1S/C11H12N2O3/c1-6-9-4-13(7(2)14)5-10(9)8(3-12-6)11(15)16/h3H,4-5H2,1-2H3,(H,15,16). The second-order valence-electron chi connectivity index (χ2n) is 3.89. The molecule has 1 N–H and O–H groups in total. The molecule has 1 aliphatic rings. The van der Waals surface area contributed by atoms with E-state index in [4.69, 9.17) is 5.11 Å². The van der Waals surface area contributed by atoms with Crippen LogP contribution in [0.25, 0.3) is 0 Å². The van der Waals surface area contributed by atoms with Gasteiger partial charge in [0.25, 0.3) is 0 Å². The van der Waals surface area contributed by atoms with Gasteiger partial charge in [0.1, 0.15) is 0 Å². The van der Waals surface area contributed by atoms with Crippen LogP contribution in [0.4, 0.5) is 0 Å². The fourth-order valence-electron chi connectivity index (χ4n) is 1.93. The molecular formula is C11H12N2O3. The number of nitrogens with zero attached hydrogens (tertiary/aromatic N) is 2. The number of carbonyl (C=O) groups is 2. The molecule has 0 bridgehead atoms. The lowest BCUT2D eigenvalue weighted by molar-refractivity contribution is -0.129.